The maximum atomic E-state index is 4.31. The number of pyridine rings is 1. The van der Waals surface area contributed by atoms with Crippen molar-refractivity contribution in [2.24, 2.45) is 0 Å². The van der Waals surface area contributed by atoms with Gasteiger partial charge in [0, 0.05) is 17.5 Å². The fourth-order valence-electron chi connectivity index (χ4n) is 1.92. The molecule has 0 bridgehead atoms. The molecule has 15 heavy (non-hydrogen) atoms. The number of aryl methyl sites for hydroxylation is 3. The van der Waals surface area contributed by atoms with Gasteiger partial charge in [0.1, 0.15) is 0 Å². The molecule has 0 unspecified atom stereocenters. The zero-order valence-corrected chi connectivity index (χ0v) is 9.41. The van der Waals surface area contributed by atoms with Crippen LogP contribution in [0.5, 0.6) is 0 Å². The van der Waals surface area contributed by atoms with E-state index < -0.39 is 0 Å². The maximum Gasteiger partial charge on any atom is 0.0450 e. The van der Waals surface area contributed by atoms with Gasteiger partial charge in [0.2, 0.25) is 0 Å². The van der Waals surface area contributed by atoms with Gasteiger partial charge in [-0.3, -0.25) is 4.98 Å². The van der Waals surface area contributed by atoms with Crippen molar-refractivity contribution in [3.05, 3.63) is 53.3 Å². The highest BCUT2D eigenvalue weighted by molar-refractivity contribution is 5.67. The van der Waals surface area contributed by atoms with Crippen molar-refractivity contribution in [2.45, 2.75) is 20.8 Å². The first-order valence-electron chi connectivity index (χ1n) is 5.17. The van der Waals surface area contributed by atoms with Crippen LogP contribution in [0.1, 0.15) is 16.8 Å². The Labute approximate surface area is 90.8 Å². The number of rotatable bonds is 1. The lowest BCUT2D eigenvalue weighted by Crippen LogP contribution is -1.88. The molecule has 0 saturated heterocycles. The fraction of sp³-hybridized carbons (Fsp3) is 0.214. The lowest BCUT2D eigenvalue weighted by Gasteiger charge is -2.07. The van der Waals surface area contributed by atoms with Gasteiger partial charge >= 0.3 is 0 Å². The van der Waals surface area contributed by atoms with Crippen LogP contribution >= 0.6 is 0 Å². The molecule has 2 rings (SSSR count). The van der Waals surface area contributed by atoms with Crippen LogP contribution in [-0.4, -0.2) is 4.98 Å². The quantitative estimate of drug-likeness (QED) is 0.679. The summed E-state index contributed by atoms with van der Waals surface area (Å²) in [7, 11) is 0. The predicted molar refractivity (Wildman–Crippen MR) is 63.9 cm³/mol. The van der Waals surface area contributed by atoms with Gasteiger partial charge in [0.25, 0.3) is 0 Å². The Bertz CT molecular complexity index is 466. The SMILES string of the molecule is Cc1cc(C)cc(-c2cccnc2C)c1. The normalized spacial score (nSPS) is 10.3. The summed E-state index contributed by atoms with van der Waals surface area (Å²) in [6.45, 7) is 6.30. The first-order chi connectivity index (χ1) is 7.16. The molecule has 76 valence electrons. The van der Waals surface area contributed by atoms with E-state index in [-0.39, 0.29) is 0 Å². The topological polar surface area (TPSA) is 12.9 Å². The van der Waals surface area contributed by atoms with E-state index in [1.807, 2.05) is 19.2 Å². The highest BCUT2D eigenvalue weighted by atomic mass is 14.7. The molecule has 1 aromatic carbocycles. The van der Waals surface area contributed by atoms with Crippen molar-refractivity contribution < 1.29 is 0 Å². The molecule has 0 radical (unpaired) electrons. The molecule has 1 heteroatoms. The van der Waals surface area contributed by atoms with E-state index >= 15 is 0 Å². The zero-order valence-electron chi connectivity index (χ0n) is 9.41. The van der Waals surface area contributed by atoms with Crippen molar-refractivity contribution >= 4 is 0 Å². The van der Waals surface area contributed by atoms with Gasteiger partial charge in [0.15, 0.2) is 0 Å². The molecule has 1 heterocycles. The van der Waals surface area contributed by atoms with E-state index in [9.17, 15) is 0 Å². The minimum atomic E-state index is 1.09. The summed E-state index contributed by atoms with van der Waals surface area (Å²) in [6.07, 6.45) is 1.83. The Hall–Kier alpha value is -1.63. The van der Waals surface area contributed by atoms with E-state index in [0.717, 1.165) is 5.69 Å². The Kier molecular flexibility index (Phi) is 2.55. The molecule has 2 aromatic rings. The monoisotopic (exact) mass is 197 g/mol. The van der Waals surface area contributed by atoms with Crippen molar-refractivity contribution in [3.8, 4) is 11.1 Å². The predicted octanol–water partition coefficient (Wildman–Crippen LogP) is 3.67. The number of benzene rings is 1. The summed E-state index contributed by atoms with van der Waals surface area (Å²) in [5.41, 5.74) is 6.17. The third-order valence-electron chi connectivity index (χ3n) is 2.54. The molecule has 1 aromatic heterocycles. The van der Waals surface area contributed by atoms with E-state index in [1.54, 1.807) is 0 Å². The van der Waals surface area contributed by atoms with Gasteiger partial charge in [-0.1, -0.05) is 35.4 Å². The number of hydrogen-bond donors (Lipinski definition) is 0. The summed E-state index contributed by atoms with van der Waals surface area (Å²) in [6, 6.07) is 10.7. The third-order valence-corrected chi connectivity index (χ3v) is 2.54. The number of aromatic nitrogens is 1. The van der Waals surface area contributed by atoms with E-state index in [2.05, 4.69) is 43.1 Å². The number of nitrogens with zero attached hydrogens (tertiary/aromatic N) is 1. The van der Waals surface area contributed by atoms with Crippen LogP contribution < -0.4 is 0 Å². The molecule has 1 nitrogen and oxygen atoms in total. The lowest BCUT2D eigenvalue weighted by molar-refractivity contribution is 1.20. The molecule has 0 spiro atoms. The van der Waals surface area contributed by atoms with Crippen LogP contribution in [0.25, 0.3) is 11.1 Å². The van der Waals surface area contributed by atoms with Crippen LogP contribution in [-0.2, 0) is 0 Å². The van der Waals surface area contributed by atoms with E-state index in [0.29, 0.717) is 0 Å². The van der Waals surface area contributed by atoms with Crippen LogP contribution in [0, 0.1) is 20.8 Å². The van der Waals surface area contributed by atoms with Crippen molar-refractivity contribution in [1.29, 1.82) is 0 Å². The first-order valence-corrected chi connectivity index (χ1v) is 5.17. The van der Waals surface area contributed by atoms with Crippen LogP contribution in [0.15, 0.2) is 36.5 Å². The van der Waals surface area contributed by atoms with Gasteiger partial charge in [0.05, 0.1) is 0 Å². The van der Waals surface area contributed by atoms with Gasteiger partial charge < -0.3 is 0 Å². The second-order valence-corrected chi connectivity index (χ2v) is 4.01. The van der Waals surface area contributed by atoms with Crippen LogP contribution in [0.2, 0.25) is 0 Å². The lowest BCUT2D eigenvalue weighted by atomic mass is 10.00. The highest BCUT2D eigenvalue weighted by Gasteiger charge is 2.02. The van der Waals surface area contributed by atoms with Gasteiger partial charge in [-0.15, -0.1) is 0 Å². The molecule has 0 saturated carbocycles. The van der Waals surface area contributed by atoms with Crippen molar-refractivity contribution in [2.75, 3.05) is 0 Å². The molecule has 0 aliphatic rings. The molecule has 0 N–H and O–H groups in total. The Morgan fingerprint density at radius 1 is 0.933 bits per heavy atom. The summed E-state index contributed by atoms with van der Waals surface area (Å²) in [5, 5.41) is 0. The molecule has 0 fully saturated rings. The maximum absolute atomic E-state index is 4.31. The first kappa shape index (κ1) is 9.91. The summed E-state index contributed by atoms with van der Waals surface area (Å²) in [4.78, 5) is 4.31. The average Bonchev–Trinajstić information content (AvgIpc) is 2.16. The van der Waals surface area contributed by atoms with Gasteiger partial charge in [-0.25, -0.2) is 0 Å². The second kappa shape index (κ2) is 3.85. The van der Waals surface area contributed by atoms with Crippen molar-refractivity contribution in [1.82, 2.24) is 4.98 Å². The van der Waals surface area contributed by atoms with E-state index in [1.165, 1.54) is 22.3 Å². The Balaban J connectivity index is 2.59. The fourth-order valence-corrected chi connectivity index (χ4v) is 1.92. The molecule has 0 atom stereocenters. The average molecular weight is 197 g/mol. The molecule has 0 aliphatic carbocycles. The standard InChI is InChI=1S/C14H15N/c1-10-7-11(2)9-13(8-10)14-5-4-6-15-12(14)3/h4-9H,1-3H3. The minimum Gasteiger partial charge on any atom is -0.261 e. The minimum absolute atomic E-state index is 1.09. The molecular formula is C14H15N. The van der Waals surface area contributed by atoms with Crippen molar-refractivity contribution in [3.63, 3.8) is 0 Å². The summed E-state index contributed by atoms with van der Waals surface area (Å²) < 4.78 is 0. The van der Waals surface area contributed by atoms with Crippen LogP contribution in [0.3, 0.4) is 0 Å². The second-order valence-electron chi connectivity index (χ2n) is 4.01. The molecular weight excluding hydrogens is 182 g/mol. The Morgan fingerprint density at radius 3 is 2.20 bits per heavy atom. The van der Waals surface area contributed by atoms with Gasteiger partial charge in [-0.05, 0) is 32.4 Å². The smallest absolute Gasteiger partial charge is 0.0450 e. The third kappa shape index (κ3) is 2.07. The van der Waals surface area contributed by atoms with Crippen LogP contribution in [0.4, 0.5) is 0 Å². The summed E-state index contributed by atoms with van der Waals surface area (Å²) in [5.74, 6) is 0. The van der Waals surface area contributed by atoms with E-state index in [4.69, 9.17) is 0 Å². The zero-order chi connectivity index (χ0) is 10.8. The number of hydrogen-bond acceptors (Lipinski definition) is 1. The van der Waals surface area contributed by atoms with Gasteiger partial charge in [-0.2, -0.15) is 0 Å². The summed E-state index contributed by atoms with van der Waals surface area (Å²) >= 11 is 0. The largest absolute Gasteiger partial charge is 0.261 e. The molecule has 0 amide bonds. The Morgan fingerprint density at radius 2 is 1.60 bits per heavy atom. The highest BCUT2D eigenvalue weighted by Crippen LogP contribution is 2.23. The molecule has 0 aliphatic heterocycles.